The fourth-order valence-corrected chi connectivity index (χ4v) is 3.71. The van der Waals surface area contributed by atoms with Crippen LogP contribution in [-0.4, -0.2) is 26.0 Å². The number of rotatable bonds is 3. The van der Waals surface area contributed by atoms with Crippen molar-refractivity contribution in [2.24, 2.45) is 5.92 Å². The molecule has 1 aromatic carbocycles. The van der Waals surface area contributed by atoms with E-state index in [0.717, 1.165) is 31.7 Å². The first kappa shape index (κ1) is 17.6. The number of sulfonamides is 1. The summed E-state index contributed by atoms with van der Waals surface area (Å²) in [7, 11) is -3.73. The molecular formula is C14H20FNO4S. The number of carboxylic acid groups (broad SMARTS) is 1. The zero-order chi connectivity index (χ0) is 15.9. The zero-order valence-electron chi connectivity index (χ0n) is 11.8. The number of nitrogens with one attached hydrogen (secondary N) is 1. The third-order valence-electron chi connectivity index (χ3n) is 3.46. The second-order valence-corrected chi connectivity index (χ2v) is 6.80. The van der Waals surface area contributed by atoms with Crippen LogP contribution in [0.1, 0.15) is 32.6 Å². The van der Waals surface area contributed by atoms with Crippen molar-refractivity contribution < 1.29 is 22.7 Å². The Labute approximate surface area is 124 Å². The predicted molar refractivity (Wildman–Crippen MR) is 76.8 cm³/mol. The Hall–Kier alpha value is -1.47. The van der Waals surface area contributed by atoms with Gasteiger partial charge >= 0.3 is 0 Å². The van der Waals surface area contributed by atoms with E-state index in [9.17, 15) is 12.8 Å². The molecule has 0 amide bonds. The average molecular weight is 317 g/mol. The van der Waals surface area contributed by atoms with Crippen molar-refractivity contribution in [2.45, 2.75) is 43.5 Å². The third-order valence-corrected chi connectivity index (χ3v) is 5.02. The first-order valence-electron chi connectivity index (χ1n) is 6.75. The largest absolute Gasteiger partial charge is 0.483 e. The number of hydrogen-bond donors (Lipinski definition) is 2. The summed E-state index contributed by atoms with van der Waals surface area (Å²) in [4.78, 5) is 8.10. The molecule has 1 aromatic rings. The summed E-state index contributed by atoms with van der Waals surface area (Å²) in [5.41, 5.74) is 0. The van der Waals surface area contributed by atoms with E-state index < -0.39 is 15.8 Å². The van der Waals surface area contributed by atoms with E-state index in [2.05, 4.69) is 11.6 Å². The summed E-state index contributed by atoms with van der Waals surface area (Å²) in [6.07, 6.45) is 3.69. The molecule has 0 aromatic heterocycles. The quantitative estimate of drug-likeness (QED) is 0.838. The van der Waals surface area contributed by atoms with Gasteiger partial charge in [-0.25, -0.2) is 17.5 Å². The molecule has 0 heterocycles. The SMILES string of the molecule is CC1CCC(NS(=O)(=O)c2ccccc2F)CC1.O=CO. The summed E-state index contributed by atoms with van der Waals surface area (Å²) in [6, 6.07) is 5.41. The second kappa shape index (κ2) is 8.09. The van der Waals surface area contributed by atoms with Crippen LogP contribution in [0.3, 0.4) is 0 Å². The van der Waals surface area contributed by atoms with Gasteiger partial charge in [0.2, 0.25) is 10.0 Å². The monoisotopic (exact) mass is 317 g/mol. The van der Waals surface area contributed by atoms with Crippen LogP contribution in [0.5, 0.6) is 0 Å². The Morgan fingerprint density at radius 1 is 1.24 bits per heavy atom. The molecule has 21 heavy (non-hydrogen) atoms. The summed E-state index contributed by atoms with van der Waals surface area (Å²) >= 11 is 0. The molecule has 0 spiro atoms. The first-order valence-corrected chi connectivity index (χ1v) is 8.23. The number of halogens is 1. The molecule has 0 unspecified atom stereocenters. The molecule has 2 N–H and O–H groups in total. The molecule has 2 rings (SSSR count). The van der Waals surface area contributed by atoms with Crippen molar-refractivity contribution in [2.75, 3.05) is 0 Å². The van der Waals surface area contributed by atoms with Gasteiger partial charge < -0.3 is 5.11 Å². The second-order valence-electron chi connectivity index (χ2n) is 5.11. The predicted octanol–water partition coefficient (Wildman–Crippen LogP) is 2.38. The highest BCUT2D eigenvalue weighted by atomic mass is 32.2. The van der Waals surface area contributed by atoms with Crippen LogP contribution in [0.2, 0.25) is 0 Å². The van der Waals surface area contributed by atoms with E-state index in [-0.39, 0.29) is 17.4 Å². The van der Waals surface area contributed by atoms with E-state index in [1.54, 1.807) is 0 Å². The molecule has 0 atom stereocenters. The minimum Gasteiger partial charge on any atom is -0.483 e. The molecule has 7 heteroatoms. The van der Waals surface area contributed by atoms with Crippen molar-refractivity contribution in [3.63, 3.8) is 0 Å². The maximum atomic E-state index is 13.5. The number of carbonyl (C=O) groups is 1. The Bertz CT molecular complexity index is 554. The fraction of sp³-hybridized carbons (Fsp3) is 0.500. The Balaban J connectivity index is 0.000000677. The first-order chi connectivity index (χ1) is 9.90. The standard InChI is InChI=1S/C13H18FNO2S.CH2O2/c1-10-6-8-11(9-7-10)15-18(16,17)13-5-3-2-4-12(13)14;2-1-3/h2-5,10-11,15H,6-9H2,1H3;1H,(H,2,3). The lowest BCUT2D eigenvalue weighted by atomic mass is 9.88. The van der Waals surface area contributed by atoms with Crippen LogP contribution < -0.4 is 4.72 Å². The Kier molecular flexibility index (Phi) is 6.77. The summed E-state index contributed by atoms with van der Waals surface area (Å²) < 4.78 is 40.2. The summed E-state index contributed by atoms with van der Waals surface area (Å²) in [5, 5.41) is 6.89. The van der Waals surface area contributed by atoms with Crippen LogP contribution in [-0.2, 0) is 14.8 Å². The van der Waals surface area contributed by atoms with Crippen LogP contribution in [0.4, 0.5) is 4.39 Å². The van der Waals surface area contributed by atoms with Crippen LogP contribution >= 0.6 is 0 Å². The van der Waals surface area contributed by atoms with Gasteiger partial charge in [-0.05, 0) is 43.7 Å². The van der Waals surface area contributed by atoms with Crippen LogP contribution in [0.25, 0.3) is 0 Å². The molecule has 118 valence electrons. The molecule has 0 saturated heterocycles. The molecule has 1 saturated carbocycles. The van der Waals surface area contributed by atoms with Crippen molar-refractivity contribution in [1.29, 1.82) is 0 Å². The van der Waals surface area contributed by atoms with Gasteiger partial charge in [-0.3, -0.25) is 4.79 Å². The number of benzene rings is 1. The van der Waals surface area contributed by atoms with Crippen molar-refractivity contribution >= 4 is 16.5 Å². The van der Waals surface area contributed by atoms with Gasteiger partial charge in [0.15, 0.2) is 0 Å². The van der Waals surface area contributed by atoms with Crippen molar-refractivity contribution in [1.82, 2.24) is 4.72 Å². The van der Waals surface area contributed by atoms with E-state index in [1.165, 1.54) is 18.2 Å². The normalized spacial score (nSPS) is 22.0. The highest BCUT2D eigenvalue weighted by molar-refractivity contribution is 7.89. The lowest BCUT2D eigenvalue weighted by Gasteiger charge is -2.26. The molecule has 0 radical (unpaired) electrons. The van der Waals surface area contributed by atoms with Crippen molar-refractivity contribution in [3.8, 4) is 0 Å². The topological polar surface area (TPSA) is 83.5 Å². The minimum absolute atomic E-state index is 0.0641. The van der Waals surface area contributed by atoms with Gasteiger partial charge in [-0.2, -0.15) is 0 Å². The highest BCUT2D eigenvalue weighted by Gasteiger charge is 2.25. The molecule has 5 nitrogen and oxygen atoms in total. The van der Waals surface area contributed by atoms with Gasteiger partial charge in [0, 0.05) is 6.04 Å². The molecule has 1 aliphatic carbocycles. The van der Waals surface area contributed by atoms with E-state index >= 15 is 0 Å². The fourth-order valence-electron chi connectivity index (χ4n) is 2.32. The smallest absolute Gasteiger partial charge is 0.290 e. The van der Waals surface area contributed by atoms with Gasteiger partial charge in [0.25, 0.3) is 6.47 Å². The molecular weight excluding hydrogens is 297 g/mol. The molecule has 1 aliphatic rings. The van der Waals surface area contributed by atoms with E-state index in [4.69, 9.17) is 9.90 Å². The average Bonchev–Trinajstić information content (AvgIpc) is 2.42. The lowest BCUT2D eigenvalue weighted by molar-refractivity contribution is -0.122. The van der Waals surface area contributed by atoms with Gasteiger partial charge in [0.1, 0.15) is 10.7 Å². The van der Waals surface area contributed by atoms with Crippen LogP contribution in [0.15, 0.2) is 29.2 Å². The third kappa shape index (κ3) is 5.43. The van der Waals surface area contributed by atoms with Gasteiger partial charge in [-0.15, -0.1) is 0 Å². The van der Waals surface area contributed by atoms with Gasteiger partial charge in [-0.1, -0.05) is 19.1 Å². The summed E-state index contributed by atoms with van der Waals surface area (Å²) in [5.74, 6) is -0.0478. The maximum absolute atomic E-state index is 13.5. The lowest BCUT2D eigenvalue weighted by Crippen LogP contribution is -2.37. The van der Waals surface area contributed by atoms with E-state index in [1.807, 2.05) is 0 Å². The zero-order valence-corrected chi connectivity index (χ0v) is 12.6. The highest BCUT2D eigenvalue weighted by Crippen LogP contribution is 2.25. The number of hydrogen-bond acceptors (Lipinski definition) is 3. The minimum atomic E-state index is -3.73. The van der Waals surface area contributed by atoms with Crippen LogP contribution in [0, 0.1) is 11.7 Å². The van der Waals surface area contributed by atoms with Gasteiger partial charge in [0.05, 0.1) is 0 Å². The summed E-state index contributed by atoms with van der Waals surface area (Å²) in [6.45, 7) is 1.92. The molecule has 0 aliphatic heterocycles. The molecule has 0 bridgehead atoms. The Morgan fingerprint density at radius 2 is 1.76 bits per heavy atom. The maximum Gasteiger partial charge on any atom is 0.290 e. The Morgan fingerprint density at radius 3 is 2.29 bits per heavy atom. The van der Waals surface area contributed by atoms with E-state index in [0.29, 0.717) is 5.92 Å². The van der Waals surface area contributed by atoms with Crippen molar-refractivity contribution in [3.05, 3.63) is 30.1 Å². The molecule has 1 fully saturated rings.